The lowest BCUT2D eigenvalue weighted by molar-refractivity contribution is 0.778. The zero-order valence-corrected chi connectivity index (χ0v) is 7.75. The molecule has 0 aromatic carbocycles. The first-order chi connectivity index (χ1) is 6.34. The predicted octanol–water partition coefficient (Wildman–Crippen LogP) is 0.299. The number of rotatable bonds is 2. The summed E-state index contributed by atoms with van der Waals surface area (Å²) in [4.78, 5) is 11.6. The van der Waals surface area contributed by atoms with Gasteiger partial charge in [0.25, 0.3) is 0 Å². The molecule has 6 heteroatoms. The van der Waals surface area contributed by atoms with Gasteiger partial charge < -0.3 is 10.6 Å². The molecule has 0 amide bonds. The molecular formula is C7H10ClN5. The van der Waals surface area contributed by atoms with Gasteiger partial charge in [-0.3, -0.25) is 0 Å². The first kappa shape index (κ1) is 8.65. The van der Waals surface area contributed by atoms with Crippen molar-refractivity contribution in [1.82, 2.24) is 20.3 Å². The van der Waals surface area contributed by atoms with Crippen molar-refractivity contribution in [2.45, 2.75) is 12.5 Å². The first-order valence-electron chi connectivity index (χ1n) is 4.16. The van der Waals surface area contributed by atoms with E-state index in [2.05, 4.69) is 25.6 Å². The fourth-order valence-corrected chi connectivity index (χ4v) is 1.43. The summed E-state index contributed by atoms with van der Waals surface area (Å²) in [6.45, 7) is 1.99. The van der Waals surface area contributed by atoms with Crippen molar-refractivity contribution in [3.63, 3.8) is 0 Å². The number of nitrogens with one attached hydrogen (secondary N) is 2. The number of anilines is 1. The van der Waals surface area contributed by atoms with Crippen LogP contribution in [-0.4, -0.2) is 34.1 Å². The summed E-state index contributed by atoms with van der Waals surface area (Å²) >= 11 is 5.61. The zero-order valence-electron chi connectivity index (χ0n) is 7.00. The van der Waals surface area contributed by atoms with Gasteiger partial charge in [0.05, 0.1) is 0 Å². The molecule has 1 aliphatic rings. The molecule has 2 rings (SSSR count). The van der Waals surface area contributed by atoms with Crippen molar-refractivity contribution in [3.8, 4) is 0 Å². The maximum atomic E-state index is 5.61. The monoisotopic (exact) mass is 199 g/mol. The third kappa shape index (κ3) is 2.26. The summed E-state index contributed by atoms with van der Waals surface area (Å²) in [7, 11) is 0. The molecule has 0 bridgehead atoms. The molecule has 70 valence electrons. The van der Waals surface area contributed by atoms with Gasteiger partial charge in [-0.15, -0.1) is 0 Å². The van der Waals surface area contributed by atoms with Crippen LogP contribution in [0.1, 0.15) is 6.42 Å². The second-order valence-corrected chi connectivity index (χ2v) is 3.25. The highest BCUT2D eigenvalue weighted by molar-refractivity contribution is 6.28. The van der Waals surface area contributed by atoms with Gasteiger partial charge in [-0.2, -0.15) is 4.98 Å². The quantitative estimate of drug-likeness (QED) is 0.718. The Bertz CT molecular complexity index is 286. The van der Waals surface area contributed by atoms with Gasteiger partial charge in [-0.25, -0.2) is 9.97 Å². The Hall–Kier alpha value is -0.940. The lowest BCUT2D eigenvalue weighted by Crippen LogP contribution is -2.23. The Kier molecular flexibility index (Phi) is 2.56. The highest BCUT2D eigenvalue weighted by Crippen LogP contribution is 2.07. The molecule has 2 heterocycles. The van der Waals surface area contributed by atoms with Gasteiger partial charge in [0.2, 0.25) is 11.2 Å². The van der Waals surface area contributed by atoms with E-state index in [4.69, 9.17) is 11.6 Å². The molecule has 0 spiro atoms. The van der Waals surface area contributed by atoms with Crippen LogP contribution < -0.4 is 10.6 Å². The number of hydrogen-bond donors (Lipinski definition) is 2. The molecule has 1 aromatic rings. The van der Waals surface area contributed by atoms with E-state index < -0.39 is 0 Å². The van der Waals surface area contributed by atoms with Gasteiger partial charge in [0.1, 0.15) is 6.33 Å². The fourth-order valence-electron chi connectivity index (χ4n) is 1.31. The molecule has 0 saturated carbocycles. The van der Waals surface area contributed by atoms with Crippen molar-refractivity contribution < 1.29 is 0 Å². The van der Waals surface area contributed by atoms with Crippen LogP contribution in [0.2, 0.25) is 5.28 Å². The highest BCUT2D eigenvalue weighted by Gasteiger charge is 2.14. The van der Waals surface area contributed by atoms with Crippen molar-refractivity contribution in [2.24, 2.45) is 0 Å². The van der Waals surface area contributed by atoms with E-state index in [0.29, 0.717) is 12.0 Å². The Morgan fingerprint density at radius 2 is 2.46 bits per heavy atom. The normalized spacial score (nSPS) is 21.8. The number of nitrogens with zero attached hydrogens (tertiary/aromatic N) is 3. The number of hydrogen-bond acceptors (Lipinski definition) is 5. The largest absolute Gasteiger partial charge is 0.350 e. The number of halogens is 1. The molecule has 1 fully saturated rings. The van der Waals surface area contributed by atoms with Crippen LogP contribution in [0.15, 0.2) is 6.33 Å². The van der Waals surface area contributed by atoms with Gasteiger partial charge >= 0.3 is 0 Å². The summed E-state index contributed by atoms with van der Waals surface area (Å²) in [6, 6.07) is 0.401. The van der Waals surface area contributed by atoms with E-state index in [9.17, 15) is 0 Å². The van der Waals surface area contributed by atoms with Gasteiger partial charge in [-0.05, 0) is 24.6 Å². The topological polar surface area (TPSA) is 62.7 Å². The molecule has 0 radical (unpaired) electrons. The van der Waals surface area contributed by atoms with Crippen molar-refractivity contribution >= 4 is 17.5 Å². The molecule has 0 aliphatic carbocycles. The van der Waals surface area contributed by atoms with Crippen LogP contribution >= 0.6 is 11.6 Å². The van der Waals surface area contributed by atoms with Gasteiger partial charge in [0.15, 0.2) is 0 Å². The average molecular weight is 200 g/mol. The molecular weight excluding hydrogens is 190 g/mol. The first-order valence-corrected chi connectivity index (χ1v) is 4.54. The molecule has 1 aromatic heterocycles. The Labute approximate surface area is 80.9 Å². The zero-order chi connectivity index (χ0) is 9.10. The average Bonchev–Trinajstić information content (AvgIpc) is 2.57. The van der Waals surface area contributed by atoms with E-state index in [0.717, 1.165) is 19.5 Å². The molecule has 1 saturated heterocycles. The van der Waals surface area contributed by atoms with E-state index in [1.54, 1.807) is 0 Å². The molecule has 1 unspecified atom stereocenters. The summed E-state index contributed by atoms with van der Waals surface area (Å²) in [6.07, 6.45) is 2.49. The summed E-state index contributed by atoms with van der Waals surface area (Å²) in [5, 5.41) is 6.64. The summed E-state index contributed by atoms with van der Waals surface area (Å²) < 4.78 is 0. The lowest BCUT2D eigenvalue weighted by Gasteiger charge is -2.09. The second-order valence-electron chi connectivity index (χ2n) is 2.91. The van der Waals surface area contributed by atoms with Crippen LogP contribution in [0.25, 0.3) is 0 Å². The van der Waals surface area contributed by atoms with E-state index in [1.807, 2.05) is 0 Å². The van der Waals surface area contributed by atoms with Crippen molar-refractivity contribution in [3.05, 3.63) is 11.6 Å². The minimum atomic E-state index is 0.225. The molecule has 13 heavy (non-hydrogen) atoms. The predicted molar refractivity (Wildman–Crippen MR) is 49.7 cm³/mol. The molecule has 5 nitrogen and oxygen atoms in total. The van der Waals surface area contributed by atoms with Gasteiger partial charge in [-0.1, -0.05) is 0 Å². The van der Waals surface area contributed by atoms with Crippen molar-refractivity contribution in [2.75, 3.05) is 18.4 Å². The van der Waals surface area contributed by atoms with Crippen LogP contribution in [-0.2, 0) is 0 Å². The van der Waals surface area contributed by atoms with Crippen molar-refractivity contribution in [1.29, 1.82) is 0 Å². The third-order valence-electron chi connectivity index (χ3n) is 1.94. The smallest absolute Gasteiger partial charge is 0.227 e. The molecule has 1 aliphatic heterocycles. The van der Waals surface area contributed by atoms with E-state index >= 15 is 0 Å². The number of aromatic nitrogens is 3. The Morgan fingerprint density at radius 1 is 1.54 bits per heavy atom. The minimum Gasteiger partial charge on any atom is -0.350 e. The maximum Gasteiger partial charge on any atom is 0.227 e. The van der Waals surface area contributed by atoms with E-state index in [1.165, 1.54) is 6.33 Å². The standard InChI is InChI=1S/C7H10ClN5/c8-6-10-4-11-7(13-6)12-5-1-2-9-3-5/h4-5,9H,1-3H2,(H,10,11,12,13). The SMILES string of the molecule is Clc1ncnc(NC2CCNC2)n1. The second kappa shape index (κ2) is 3.85. The minimum absolute atomic E-state index is 0.225. The lowest BCUT2D eigenvalue weighted by atomic mass is 10.3. The molecule has 1 atom stereocenters. The summed E-state index contributed by atoms with van der Waals surface area (Å²) in [5.41, 5.74) is 0. The van der Waals surface area contributed by atoms with Gasteiger partial charge in [0, 0.05) is 12.6 Å². The Morgan fingerprint density at radius 3 is 3.15 bits per heavy atom. The maximum absolute atomic E-state index is 5.61. The van der Waals surface area contributed by atoms with Crippen LogP contribution in [0, 0.1) is 0 Å². The van der Waals surface area contributed by atoms with Crippen LogP contribution in [0.5, 0.6) is 0 Å². The van der Waals surface area contributed by atoms with Crippen LogP contribution in [0.4, 0.5) is 5.95 Å². The summed E-state index contributed by atoms with van der Waals surface area (Å²) in [5.74, 6) is 0.550. The van der Waals surface area contributed by atoms with E-state index in [-0.39, 0.29) is 5.28 Å². The van der Waals surface area contributed by atoms with Crippen LogP contribution in [0.3, 0.4) is 0 Å². The fraction of sp³-hybridized carbons (Fsp3) is 0.571. The highest BCUT2D eigenvalue weighted by atomic mass is 35.5. The molecule has 2 N–H and O–H groups in total. The third-order valence-corrected chi connectivity index (χ3v) is 2.12. The Balaban J connectivity index is 2.00.